The summed E-state index contributed by atoms with van der Waals surface area (Å²) in [6.45, 7) is -2.35. The number of carbonyl (C=O) groups excluding carboxylic acids is 3. The van der Waals surface area contributed by atoms with Crippen LogP contribution in [0.15, 0.2) is 5.11 Å². The first kappa shape index (κ1) is 31.3. The summed E-state index contributed by atoms with van der Waals surface area (Å²) >= 11 is 0. The zero-order valence-electron chi connectivity index (χ0n) is 17.6. The predicted molar refractivity (Wildman–Crippen MR) is 98.0 cm³/mol. The van der Waals surface area contributed by atoms with Crippen LogP contribution in [0.1, 0.15) is 38.5 Å². The van der Waals surface area contributed by atoms with Crippen molar-refractivity contribution >= 4 is 17.6 Å². The maximum Gasteiger partial charge on any atom is 0.471 e. The molecule has 0 aromatic heterocycles. The molecule has 0 saturated carbocycles. The molecule has 0 aromatic rings. The van der Waals surface area contributed by atoms with E-state index in [1.807, 2.05) is 0 Å². The van der Waals surface area contributed by atoms with Crippen LogP contribution in [-0.2, 0) is 14.4 Å². The highest BCUT2D eigenvalue weighted by molar-refractivity contribution is 5.84. The number of halogens is 9. The summed E-state index contributed by atoms with van der Waals surface area (Å²) in [6.07, 6.45) is -17.9. The number of hydrogen-bond donors (Lipinski definition) is 0. The highest BCUT2D eigenvalue weighted by atomic mass is 19.4. The normalized spacial score (nSPS) is 12.1. The second-order valence-corrected chi connectivity index (χ2v) is 6.97. The molecule has 0 aliphatic rings. The van der Waals surface area contributed by atoms with Crippen LogP contribution in [0.5, 0.6) is 0 Å². The second kappa shape index (κ2) is 13.9. The molecule has 0 spiro atoms. The van der Waals surface area contributed by atoms with Gasteiger partial charge in [-0.3, -0.25) is 14.4 Å². The number of amides is 2. The predicted octanol–water partition coefficient (Wildman–Crippen LogP) is 4.55. The molecule has 0 unspecified atom stereocenters. The first-order chi connectivity index (χ1) is 15.5. The van der Waals surface area contributed by atoms with Gasteiger partial charge in [0.15, 0.2) is 0 Å². The average molecular weight is 515 g/mol. The fraction of sp³-hybridized carbons (Fsp3) is 0.824. The van der Waals surface area contributed by atoms with E-state index in [9.17, 15) is 53.9 Å². The van der Waals surface area contributed by atoms with Crippen LogP contribution in [-0.4, -0.2) is 78.7 Å². The average Bonchev–Trinajstić information content (AvgIpc) is 2.70. The minimum Gasteiger partial charge on any atom is -0.335 e. The molecule has 0 radical (unpaired) electrons. The molecule has 17 heteroatoms. The number of Topliss-reactive ketones (excluding diaryl/α,β-unsaturated/α-hetero) is 1. The van der Waals surface area contributed by atoms with Crippen molar-refractivity contribution in [3.8, 4) is 0 Å². The second-order valence-electron chi connectivity index (χ2n) is 6.97. The maximum absolute atomic E-state index is 12.8. The van der Waals surface area contributed by atoms with Crippen molar-refractivity contribution in [3.05, 3.63) is 10.4 Å². The topological polar surface area (TPSA) is 106 Å². The Balaban J connectivity index is 4.89. The summed E-state index contributed by atoms with van der Waals surface area (Å²) in [6, 6.07) is 0. The number of nitrogens with zero attached hydrogens (tertiary/aromatic N) is 5. The van der Waals surface area contributed by atoms with E-state index in [4.69, 9.17) is 5.53 Å². The van der Waals surface area contributed by atoms with Crippen molar-refractivity contribution < 1.29 is 53.9 Å². The maximum atomic E-state index is 12.8. The molecular formula is C17H22F9N5O3. The Morgan fingerprint density at radius 2 is 1.03 bits per heavy atom. The smallest absolute Gasteiger partial charge is 0.335 e. The minimum absolute atomic E-state index is 0.0960. The molecular weight excluding hydrogens is 493 g/mol. The lowest BCUT2D eigenvalue weighted by Crippen LogP contribution is -2.43. The molecule has 0 aliphatic carbocycles. The quantitative estimate of drug-likeness (QED) is 0.111. The zero-order chi connectivity index (χ0) is 26.6. The molecule has 34 heavy (non-hydrogen) atoms. The van der Waals surface area contributed by atoms with E-state index < -0.39 is 75.1 Å². The van der Waals surface area contributed by atoms with Crippen molar-refractivity contribution in [3.63, 3.8) is 0 Å². The van der Waals surface area contributed by atoms with Gasteiger partial charge in [0.25, 0.3) is 0 Å². The van der Waals surface area contributed by atoms with Crippen molar-refractivity contribution in [1.29, 1.82) is 0 Å². The Morgan fingerprint density at radius 1 is 0.647 bits per heavy atom. The van der Waals surface area contributed by atoms with E-state index in [0.717, 1.165) is 0 Å². The van der Waals surface area contributed by atoms with Gasteiger partial charge in [-0.25, -0.2) is 0 Å². The number of alkyl halides is 9. The van der Waals surface area contributed by atoms with Gasteiger partial charge >= 0.3 is 30.3 Å². The molecule has 0 aromatic carbocycles. The van der Waals surface area contributed by atoms with E-state index in [1.54, 1.807) is 0 Å². The lowest BCUT2D eigenvalue weighted by atomic mass is 10.1. The van der Waals surface area contributed by atoms with Crippen molar-refractivity contribution in [2.75, 3.05) is 32.7 Å². The zero-order valence-corrected chi connectivity index (χ0v) is 17.6. The Labute approximate surface area is 187 Å². The Kier molecular flexibility index (Phi) is 12.8. The van der Waals surface area contributed by atoms with E-state index in [0.29, 0.717) is 4.90 Å². The van der Waals surface area contributed by atoms with Crippen molar-refractivity contribution in [2.24, 2.45) is 5.11 Å². The molecule has 0 heterocycles. The van der Waals surface area contributed by atoms with E-state index in [2.05, 4.69) is 10.0 Å². The van der Waals surface area contributed by atoms with Gasteiger partial charge in [-0.15, -0.1) is 0 Å². The molecule has 0 aliphatic heterocycles. The fourth-order valence-electron chi connectivity index (χ4n) is 2.70. The van der Waals surface area contributed by atoms with Gasteiger partial charge in [0.05, 0.1) is 0 Å². The van der Waals surface area contributed by atoms with Gasteiger partial charge in [0.1, 0.15) is 0 Å². The molecule has 196 valence electrons. The molecule has 0 N–H and O–H groups in total. The minimum atomic E-state index is -5.29. The van der Waals surface area contributed by atoms with E-state index in [1.165, 1.54) is 0 Å². The molecule has 0 bridgehead atoms. The van der Waals surface area contributed by atoms with Crippen LogP contribution in [0, 0.1) is 0 Å². The third kappa shape index (κ3) is 12.5. The molecule has 2 amide bonds. The number of rotatable bonds is 14. The number of azide groups is 1. The summed E-state index contributed by atoms with van der Waals surface area (Å²) in [5.74, 6) is -6.53. The number of unbranched alkanes of at least 4 members (excludes halogenated alkanes) is 2. The first-order valence-corrected chi connectivity index (χ1v) is 9.85. The Morgan fingerprint density at radius 3 is 1.38 bits per heavy atom. The Hall–Kier alpha value is -2.71. The lowest BCUT2D eigenvalue weighted by molar-refractivity contribution is -0.186. The number of ketones is 1. The van der Waals surface area contributed by atoms with Gasteiger partial charge in [-0.1, -0.05) is 5.11 Å². The van der Waals surface area contributed by atoms with Crippen LogP contribution < -0.4 is 0 Å². The lowest BCUT2D eigenvalue weighted by Gasteiger charge is -2.26. The van der Waals surface area contributed by atoms with Gasteiger partial charge in [-0.2, -0.15) is 39.5 Å². The fourth-order valence-corrected chi connectivity index (χ4v) is 2.70. The van der Waals surface area contributed by atoms with Gasteiger partial charge in [0, 0.05) is 44.1 Å². The van der Waals surface area contributed by atoms with Crippen molar-refractivity contribution in [1.82, 2.24) is 9.80 Å². The summed E-state index contributed by atoms with van der Waals surface area (Å²) in [4.78, 5) is 36.9. The monoisotopic (exact) mass is 515 g/mol. The molecule has 0 saturated heterocycles. The first-order valence-electron chi connectivity index (χ1n) is 9.85. The van der Waals surface area contributed by atoms with Crippen LogP contribution in [0.2, 0.25) is 0 Å². The molecule has 0 rings (SSSR count). The van der Waals surface area contributed by atoms with Crippen molar-refractivity contribution in [2.45, 2.75) is 57.1 Å². The standard InChI is InChI=1S/C17H22F9N5O3/c18-15(19,20)12(32)6-1-2-8-30(13(33)16(21,22)23)9-3-4-10-31(11-5-7-28-29-27)14(34)17(24,25)26/h1-11H2. The van der Waals surface area contributed by atoms with Crippen LogP contribution >= 0.6 is 0 Å². The van der Waals surface area contributed by atoms with Gasteiger partial charge in [0.2, 0.25) is 5.78 Å². The Bertz CT molecular complexity index is 732. The summed E-state index contributed by atoms with van der Waals surface area (Å²) in [7, 11) is 0. The van der Waals surface area contributed by atoms with Gasteiger partial charge in [-0.05, 0) is 37.6 Å². The van der Waals surface area contributed by atoms with Crippen LogP contribution in [0.4, 0.5) is 39.5 Å². The summed E-state index contributed by atoms with van der Waals surface area (Å²) in [5, 5.41) is 3.11. The highest BCUT2D eigenvalue weighted by Gasteiger charge is 2.43. The molecule has 8 nitrogen and oxygen atoms in total. The molecule has 0 atom stereocenters. The largest absolute Gasteiger partial charge is 0.471 e. The van der Waals surface area contributed by atoms with Gasteiger partial charge < -0.3 is 9.80 Å². The third-order valence-electron chi connectivity index (χ3n) is 4.31. The van der Waals surface area contributed by atoms with Crippen LogP contribution in [0.25, 0.3) is 10.4 Å². The van der Waals surface area contributed by atoms with E-state index >= 15 is 0 Å². The SMILES string of the molecule is [N-]=[N+]=NCCCN(CCCCN(CCCCC(=O)C(F)(F)F)C(=O)C(F)(F)F)C(=O)C(F)(F)F. The molecule has 0 fully saturated rings. The third-order valence-corrected chi connectivity index (χ3v) is 4.31. The summed E-state index contributed by atoms with van der Waals surface area (Å²) < 4.78 is 113. The highest BCUT2D eigenvalue weighted by Crippen LogP contribution is 2.22. The summed E-state index contributed by atoms with van der Waals surface area (Å²) in [5.41, 5.74) is 8.16. The van der Waals surface area contributed by atoms with Crippen LogP contribution in [0.3, 0.4) is 0 Å². The number of hydrogen-bond acceptors (Lipinski definition) is 4. The van der Waals surface area contributed by atoms with E-state index in [-0.39, 0.29) is 37.1 Å². The number of carbonyl (C=O) groups is 3.